The lowest BCUT2D eigenvalue weighted by atomic mass is 10.0. The number of ether oxygens (including phenoxy) is 1. The van der Waals surface area contributed by atoms with Gasteiger partial charge in [0.05, 0.1) is 18.7 Å². The van der Waals surface area contributed by atoms with Gasteiger partial charge in [-0.05, 0) is 5.92 Å². The molecule has 3 aliphatic rings. The van der Waals surface area contributed by atoms with Crippen LogP contribution in [0.15, 0.2) is 36.5 Å². The smallest absolute Gasteiger partial charge is 0.226 e. The molecule has 1 spiro atoms. The number of carbonyl (C=O) groups is 1. The third-order valence-electron chi connectivity index (χ3n) is 6.30. The highest BCUT2D eigenvalue weighted by Crippen LogP contribution is 2.49. The Bertz CT molecular complexity index is 852. The highest BCUT2D eigenvalue weighted by molar-refractivity contribution is 7.15. The van der Waals surface area contributed by atoms with Gasteiger partial charge in [-0.25, -0.2) is 4.98 Å². The molecule has 3 aliphatic heterocycles. The normalized spacial score (nSPS) is 30.3. The van der Waals surface area contributed by atoms with Crippen molar-refractivity contribution in [3.8, 4) is 10.6 Å². The van der Waals surface area contributed by atoms with Crippen molar-refractivity contribution in [2.75, 3.05) is 13.2 Å². The number of carbonyl (C=O) groups excluding carboxylic acids is 1. The molecule has 5 rings (SSSR count). The average Bonchev–Trinajstić information content (AvgIpc) is 3.40. The Labute approximate surface area is 164 Å². The first-order valence-corrected chi connectivity index (χ1v) is 10.6. The molecule has 142 valence electrons. The minimum absolute atomic E-state index is 0.163. The molecule has 5 nitrogen and oxygen atoms in total. The van der Waals surface area contributed by atoms with Crippen LogP contribution >= 0.6 is 11.3 Å². The van der Waals surface area contributed by atoms with E-state index in [9.17, 15) is 4.79 Å². The fraction of sp³-hybridized carbons (Fsp3) is 0.524. The molecule has 3 saturated heterocycles. The standard InChI is InChI=1S/C21H25N3O2S/c1-14(2)17-13-26-21-8-9-23(18(21)10-19(25)24(17)21)12-16-11-22-20(27-16)15-6-4-3-5-7-15/h3-7,11,14,17-18H,8-10,12-13H2,1-2H3/t17-,18+,21-/m0/s1. The molecule has 1 aromatic carbocycles. The molecule has 1 aromatic heterocycles. The summed E-state index contributed by atoms with van der Waals surface area (Å²) in [7, 11) is 0. The van der Waals surface area contributed by atoms with E-state index in [4.69, 9.17) is 4.74 Å². The first-order chi connectivity index (χ1) is 13.1. The Morgan fingerprint density at radius 2 is 2.15 bits per heavy atom. The number of likely N-dealkylation sites (tertiary alicyclic amines) is 1. The van der Waals surface area contributed by atoms with Crippen LogP contribution in [0.4, 0.5) is 0 Å². The molecule has 6 heteroatoms. The van der Waals surface area contributed by atoms with E-state index in [0.29, 0.717) is 18.9 Å². The van der Waals surface area contributed by atoms with Gasteiger partial charge in [0.1, 0.15) is 5.01 Å². The zero-order valence-corrected chi connectivity index (χ0v) is 16.6. The number of rotatable bonds is 4. The number of amides is 1. The van der Waals surface area contributed by atoms with E-state index >= 15 is 0 Å². The van der Waals surface area contributed by atoms with E-state index < -0.39 is 0 Å². The minimum atomic E-state index is -0.390. The Morgan fingerprint density at radius 1 is 1.33 bits per heavy atom. The molecule has 0 N–H and O–H groups in total. The lowest BCUT2D eigenvalue weighted by Gasteiger charge is -2.34. The van der Waals surface area contributed by atoms with E-state index in [-0.39, 0.29) is 23.7 Å². The molecule has 0 saturated carbocycles. The number of benzene rings is 1. The molecule has 0 aliphatic carbocycles. The summed E-state index contributed by atoms with van der Waals surface area (Å²) in [6.07, 6.45) is 3.48. The van der Waals surface area contributed by atoms with Crippen LogP contribution in [0.1, 0.15) is 31.6 Å². The zero-order valence-electron chi connectivity index (χ0n) is 15.8. The fourth-order valence-corrected chi connectivity index (χ4v) is 5.88. The van der Waals surface area contributed by atoms with E-state index in [0.717, 1.165) is 30.1 Å². The molecule has 0 bridgehead atoms. The second kappa shape index (κ2) is 6.40. The van der Waals surface area contributed by atoms with Crippen molar-refractivity contribution in [2.24, 2.45) is 5.92 Å². The topological polar surface area (TPSA) is 45.7 Å². The third kappa shape index (κ3) is 2.65. The summed E-state index contributed by atoms with van der Waals surface area (Å²) in [5.41, 5.74) is 0.770. The molecule has 4 heterocycles. The van der Waals surface area contributed by atoms with Crippen LogP contribution in [-0.4, -0.2) is 51.7 Å². The molecule has 1 amide bonds. The van der Waals surface area contributed by atoms with Crippen molar-refractivity contribution in [3.05, 3.63) is 41.4 Å². The molecular formula is C21H25N3O2S. The Hall–Kier alpha value is -1.76. The van der Waals surface area contributed by atoms with Crippen LogP contribution < -0.4 is 0 Å². The SMILES string of the molecule is CC(C)[C@@H]1CO[C@@]23CCN(Cc4cnc(-c5ccccc5)s4)[C@@H]2CC(=O)N13. The Balaban J connectivity index is 1.35. The summed E-state index contributed by atoms with van der Waals surface area (Å²) in [5.74, 6) is 0.686. The predicted molar refractivity (Wildman–Crippen MR) is 105 cm³/mol. The van der Waals surface area contributed by atoms with Crippen molar-refractivity contribution in [2.45, 2.75) is 51.0 Å². The molecule has 3 atom stereocenters. The van der Waals surface area contributed by atoms with Crippen molar-refractivity contribution in [3.63, 3.8) is 0 Å². The van der Waals surface area contributed by atoms with Crippen LogP contribution in [0.3, 0.4) is 0 Å². The number of hydrogen-bond acceptors (Lipinski definition) is 5. The molecule has 0 unspecified atom stereocenters. The number of aromatic nitrogens is 1. The monoisotopic (exact) mass is 383 g/mol. The largest absolute Gasteiger partial charge is 0.352 e. The minimum Gasteiger partial charge on any atom is -0.352 e. The van der Waals surface area contributed by atoms with Gasteiger partial charge in [-0.1, -0.05) is 44.2 Å². The third-order valence-corrected chi connectivity index (χ3v) is 7.33. The van der Waals surface area contributed by atoms with Crippen LogP contribution in [0.2, 0.25) is 0 Å². The van der Waals surface area contributed by atoms with E-state index in [1.165, 1.54) is 4.88 Å². The summed E-state index contributed by atoms with van der Waals surface area (Å²) in [4.78, 5) is 23.2. The predicted octanol–water partition coefficient (Wildman–Crippen LogP) is 3.37. The summed E-state index contributed by atoms with van der Waals surface area (Å²) < 4.78 is 6.33. The van der Waals surface area contributed by atoms with Crippen molar-refractivity contribution >= 4 is 17.2 Å². The molecule has 0 radical (unpaired) electrons. The van der Waals surface area contributed by atoms with Crippen LogP contribution in [0.5, 0.6) is 0 Å². The van der Waals surface area contributed by atoms with Gasteiger partial charge < -0.3 is 9.64 Å². The molecular weight excluding hydrogens is 358 g/mol. The average molecular weight is 384 g/mol. The molecule has 27 heavy (non-hydrogen) atoms. The maximum atomic E-state index is 12.8. The number of thiazole rings is 1. The first kappa shape index (κ1) is 17.3. The summed E-state index contributed by atoms with van der Waals surface area (Å²) in [6.45, 7) is 6.85. The van der Waals surface area contributed by atoms with Gasteiger partial charge >= 0.3 is 0 Å². The summed E-state index contributed by atoms with van der Waals surface area (Å²) >= 11 is 1.74. The summed E-state index contributed by atoms with van der Waals surface area (Å²) in [5, 5.41) is 1.06. The van der Waals surface area contributed by atoms with Crippen LogP contribution in [0.25, 0.3) is 10.6 Å². The molecule has 3 fully saturated rings. The van der Waals surface area contributed by atoms with Gasteiger partial charge in [0.2, 0.25) is 5.91 Å². The van der Waals surface area contributed by atoms with Gasteiger partial charge in [-0.2, -0.15) is 0 Å². The quantitative estimate of drug-likeness (QED) is 0.812. The first-order valence-electron chi connectivity index (χ1n) is 9.79. The maximum Gasteiger partial charge on any atom is 0.226 e. The van der Waals surface area contributed by atoms with Crippen molar-refractivity contribution in [1.82, 2.24) is 14.8 Å². The van der Waals surface area contributed by atoms with Gasteiger partial charge in [-0.3, -0.25) is 9.69 Å². The van der Waals surface area contributed by atoms with Crippen LogP contribution in [0, 0.1) is 5.92 Å². The van der Waals surface area contributed by atoms with Gasteiger partial charge in [0.25, 0.3) is 0 Å². The summed E-state index contributed by atoms with van der Waals surface area (Å²) in [6, 6.07) is 10.7. The van der Waals surface area contributed by atoms with E-state index in [2.05, 4.69) is 40.8 Å². The lowest BCUT2D eigenvalue weighted by molar-refractivity contribution is -0.139. The van der Waals surface area contributed by atoms with Gasteiger partial charge in [0, 0.05) is 42.6 Å². The Kier molecular flexibility index (Phi) is 4.11. The maximum absolute atomic E-state index is 12.8. The van der Waals surface area contributed by atoms with Crippen molar-refractivity contribution < 1.29 is 9.53 Å². The number of hydrogen-bond donors (Lipinski definition) is 0. The van der Waals surface area contributed by atoms with Gasteiger partial charge in [0.15, 0.2) is 5.72 Å². The lowest BCUT2D eigenvalue weighted by Crippen LogP contribution is -2.50. The zero-order chi connectivity index (χ0) is 18.6. The van der Waals surface area contributed by atoms with Gasteiger partial charge in [-0.15, -0.1) is 11.3 Å². The van der Waals surface area contributed by atoms with E-state index in [1.54, 1.807) is 11.3 Å². The highest BCUT2D eigenvalue weighted by Gasteiger charge is 2.64. The Morgan fingerprint density at radius 3 is 2.93 bits per heavy atom. The second-order valence-electron chi connectivity index (χ2n) is 8.17. The van der Waals surface area contributed by atoms with Crippen molar-refractivity contribution in [1.29, 1.82) is 0 Å². The van der Waals surface area contributed by atoms with E-state index in [1.807, 2.05) is 24.4 Å². The van der Waals surface area contributed by atoms with Crippen LogP contribution in [-0.2, 0) is 16.1 Å². The highest BCUT2D eigenvalue weighted by atomic mass is 32.1. The molecule has 2 aromatic rings. The number of nitrogens with zero attached hydrogens (tertiary/aromatic N) is 3. The fourth-order valence-electron chi connectivity index (χ4n) is 4.94. The second-order valence-corrected chi connectivity index (χ2v) is 9.28.